The van der Waals surface area contributed by atoms with Crippen LogP contribution in [0.3, 0.4) is 0 Å². The minimum Gasteiger partial charge on any atom is -0.388 e. The van der Waals surface area contributed by atoms with Gasteiger partial charge < -0.3 is 27.4 Å². The summed E-state index contributed by atoms with van der Waals surface area (Å²) in [5.74, 6) is 4.67. The maximum atomic E-state index is 10.4. The standard InChI is InChI=1S/C22H32N4O2S5/c23-21(24)31-11-9-29-13-19(27)15-1-5-17(6-2-15)33-18-7-3-16(4-8-18)20(28)14-30-10-12-32-22(25)26/h1-8,19-21,27-28H,9-14,23-24H2,(H3,25,26). The molecule has 33 heavy (non-hydrogen) atoms. The van der Waals surface area contributed by atoms with Crippen molar-refractivity contribution in [3.63, 3.8) is 0 Å². The summed E-state index contributed by atoms with van der Waals surface area (Å²) >= 11 is 7.83. The highest BCUT2D eigenvalue weighted by Gasteiger charge is 2.10. The molecule has 0 spiro atoms. The lowest BCUT2D eigenvalue weighted by atomic mass is 10.1. The molecule has 0 fully saturated rings. The maximum Gasteiger partial charge on any atom is 0.151 e. The van der Waals surface area contributed by atoms with Gasteiger partial charge in [0.1, 0.15) is 5.50 Å². The Morgan fingerprint density at radius 3 is 1.64 bits per heavy atom. The molecule has 0 amide bonds. The van der Waals surface area contributed by atoms with E-state index in [-0.39, 0.29) is 10.7 Å². The minimum absolute atomic E-state index is 0.133. The first-order valence-electron chi connectivity index (χ1n) is 10.3. The number of hydrogen-bond acceptors (Lipinski definition) is 10. The molecule has 0 bridgehead atoms. The van der Waals surface area contributed by atoms with Gasteiger partial charge in [-0.2, -0.15) is 23.5 Å². The van der Waals surface area contributed by atoms with Crippen molar-refractivity contribution in [2.75, 3.05) is 34.5 Å². The number of rotatable bonds is 15. The van der Waals surface area contributed by atoms with Crippen LogP contribution in [0.5, 0.6) is 0 Å². The van der Waals surface area contributed by atoms with Crippen molar-refractivity contribution in [3.05, 3.63) is 59.7 Å². The van der Waals surface area contributed by atoms with Gasteiger partial charge in [-0.1, -0.05) is 47.8 Å². The summed E-state index contributed by atoms with van der Waals surface area (Å²) in [4.78, 5) is 2.19. The molecule has 6 nitrogen and oxygen atoms in total. The minimum atomic E-state index is -0.513. The van der Waals surface area contributed by atoms with Crippen LogP contribution in [0.2, 0.25) is 0 Å². The molecule has 0 radical (unpaired) electrons. The van der Waals surface area contributed by atoms with E-state index in [2.05, 4.69) is 0 Å². The summed E-state index contributed by atoms with van der Waals surface area (Å²) in [7, 11) is 0. The number of aliphatic hydroxyl groups excluding tert-OH is 2. The fraction of sp³-hybridized carbons (Fsp3) is 0.409. The van der Waals surface area contributed by atoms with E-state index in [0.29, 0.717) is 11.5 Å². The van der Waals surface area contributed by atoms with E-state index in [9.17, 15) is 10.2 Å². The van der Waals surface area contributed by atoms with Gasteiger partial charge in [-0.3, -0.25) is 5.41 Å². The topological polar surface area (TPSA) is 142 Å². The molecule has 2 unspecified atom stereocenters. The molecule has 0 aliphatic heterocycles. The highest BCUT2D eigenvalue weighted by atomic mass is 32.2. The average molecular weight is 545 g/mol. The SMILES string of the molecule is N=C(N)SCCSCC(O)c1ccc(Sc2ccc(C(O)CSCCSC(N)N)cc2)cc1. The lowest BCUT2D eigenvalue weighted by Crippen LogP contribution is -2.26. The van der Waals surface area contributed by atoms with Gasteiger partial charge in [-0.25, -0.2) is 0 Å². The normalized spacial score (nSPS) is 13.2. The second-order valence-electron chi connectivity index (χ2n) is 6.97. The molecular formula is C22H32N4O2S5. The van der Waals surface area contributed by atoms with Gasteiger partial charge in [0.15, 0.2) is 5.17 Å². The first-order valence-corrected chi connectivity index (χ1v) is 15.5. The van der Waals surface area contributed by atoms with E-state index < -0.39 is 12.2 Å². The Morgan fingerprint density at radius 1 is 0.758 bits per heavy atom. The van der Waals surface area contributed by atoms with Crippen LogP contribution in [-0.2, 0) is 0 Å². The Hall–Kier alpha value is -0.500. The molecule has 0 aromatic heterocycles. The molecule has 0 aliphatic rings. The van der Waals surface area contributed by atoms with Crippen molar-refractivity contribution < 1.29 is 10.2 Å². The predicted octanol–water partition coefficient (Wildman–Crippen LogP) is 3.93. The van der Waals surface area contributed by atoms with Gasteiger partial charge in [-0.15, -0.1) is 11.8 Å². The van der Waals surface area contributed by atoms with Crippen LogP contribution in [0.25, 0.3) is 0 Å². The quantitative estimate of drug-likeness (QED) is 0.0845. The summed E-state index contributed by atoms with van der Waals surface area (Å²) in [6.07, 6.45) is -1.01. The van der Waals surface area contributed by atoms with Crippen LogP contribution in [0.4, 0.5) is 0 Å². The van der Waals surface area contributed by atoms with Crippen molar-refractivity contribution in [1.29, 1.82) is 5.41 Å². The smallest absolute Gasteiger partial charge is 0.151 e. The molecular weight excluding hydrogens is 513 g/mol. The van der Waals surface area contributed by atoms with E-state index in [1.165, 1.54) is 23.5 Å². The summed E-state index contributed by atoms with van der Waals surface area (Å²) < 4.78 is 0. The number of aliphatic hydroxyl groups is 2. The Labute approximate surface area is 217 Å². The highest BCUT2D eigenvalue weighted by Crippen LogP contribution is 2.30. The summed E-state index contributed by atoms with van der Waals surface area (Å²) in [6, 6.07) is 15.9. The molecule has 9 N–H and O–H groups in total. The van der Waals surface area contributed by atoms with Gasteiger partial charge in [0, 0.05) is 44.3 Å². The number of nitrogens with two attached hydrogens (primary N) is 3. The largest absolute Gasteiger partial charge is 0.388 e. The Bertz CT molecular complexity index is 825. The fourth-order valence-electron chi connectivity index (χ4n) is 2.69. The van der Waals surface area contributed by atoms with Crippen molar-refractivity contribution >= 4 is 64.0 Å². The monoisotopic (exact) mass is 544 g/mol. The zero-order chi connectivity index (χ0) is 24.1. The first kappa shape index (κ1) is 28.7. The molecule has 2 aromatic carbocycles. The van der Waals surface area contributed by atoms with Crippen molar-refractivity contribution in [3.8, 4) is 0 Å². The summed E-state index contributed by atoms with van der Waals surface area (Å²) in [5, 5.41) is 28.1. The number of nitrogens with one attached hydrogen (secondary N) is 1. The molecule has 2 rings (SSSR count). The van der Waals surface area contributed by atoms with Gasteiger partial charge >= 0.3 is 0 Å². The van der Waals surface area contributed by atoms with E-state index >= 15 is 0 Å². The number of amidine groups is 1. The van der Waals surface area contributed by atoms with Crippen LogP contribution in [-0.4, -0.2) is 55.4 Å². The lowest BCUT2D eigenvalue weighted by Gasteiger charge is -2.13. The maximum absolute atomic E-state index is 10.4. The van der Waals surface area contributed by atoms with Crippen molar-refractivity contribution in [1.82, 2.24) is 0 Å². The fourth-order valence-corrected chi connectivity index (χ4v) is 6.82. The molecule has 2 aromatic rings. The number of thioether (sulfide) groups is 4. The molecule has 182 valence electrons. The molecule has 0 aliphatic carbocycles. The second kappa shape index (κ2) is 16.2. The zero-order valence-corrected chi connectivity index (χ0v) is 22.3. The second-order valence-corrected chi connectivity index (χ2v) is 12.8. The van der Waals surface area contributed by atoms with Crippen LogP contribution >= 0.6 is 58.8 Å². The zero-order valence-electron chi connectivity index (χ0n) is 18.3. The van der Waals surface area contributed by atoms with Gasteiger partial charge in [0.25, 0.3) is 0 Å². The molecule has 0 heterocycles. The molecule has 11 heteroatoms. The first-order chi connectivity index (χ1) is 15.8. The third-order valence-electron chi connectivity index (χ3n) is 4.34. The molecule has 0 saturated heterocycles. The van der Waals surface area contributed by atoms with Crippen molar-refractivity contribution in [2.45, 2.75) is 27.5 Å². The van der Waals surface area contributed by atoms with E-state index in [4.69, 9.17) is 22.6 Å². The van der Waals surface area contributed by atoms with Crippen LogP contribution in [0.15, 0.2) is 58.3 Å². The Balaban J connectivity index is 1.75. The van der Waals surface area contributed by atoms with Gasteiger partial charge in [0.05, 0.1) is 12.2 Å². The highest BCUT2D eigenvalue weighted by molar-refractivity contribution is 8.14. The van der Waals surface area contributed by atoms with Gasteiger partial charge in [0.2, 0.25) is 0 Å². The number of hydrogen-bond donors (Lipinski definition) is 6. The number of benzene rings is 2. The average Bonchev–Trinajstić information content (AvgIpc) is 2.79. The Morgan fingerprint density at radius 2 is 1.21 bits per heavy atom. The third kappa shape index (κ3) is 12.1. The van der Waals surface area contributed by atoms with E-state index in [1.54, 1.807) is 35.3 Å². The van der Waals surface area contributed by atoms with Crippen molar-refractivity contribution in [2.24, 2.45) is 17.2 Å². The molecule has 2 atom stereocenters. The van der Waals surface area contributed by atoms with Gasteiger partial charge in [-0.05, 0) is 35.4 Å². The predicted molar refractivity (Wildman–Crippen MR) is 151 cm³/mol. The Kier molecular flexibility index (Phi) is 14.1. The van der Waals surface area contributed by atoms with Crippen LogP contribution in [0.1, 0.15) is 23.3 Å². The molecule has 0 saturated carbocycles. The van der Waals surface area contributed by atoms with Crippen LogP contribution < -0.4 is 17.2 Å². The van der Waals surface area contributed by atoms with E-state index in [0.717, 1.165) is 43.9 Å². The lowest BCUT2D eigenvalue weighted by molar-refractivity contribution is 0.204. The summed E-state index contributed by atoms with van der Waals surface area (Å²) in [5.41, 5.74) is 17.8. The van der Waals surface area contributed by atoms with Crippen LogP contribution in [0, 0.1) is 5.41 Å². The summed E-state index contributed by atoms with van der Waals surface area (Å²) in [6.45, 7) is 0. The third-order valence-corrected chi connectivity index (χ3v) is 9.51. The van der Waals surface area contributed by atoms with E-state index in [1.807, 2.05) is 48.5 Å².